The van der Waals surface area contributed by atoms with Crippen LogP contribution < -0.4 is 14.5 Å². The van der Waals surface area contributed by atoms with E-state index in [-0.39, 0.29) is 36.5 Å². The van der Waals surface area contributed by atoms with Gasteiger partial charge in [0.2, 0.25) is 0 Å². The van der Waals surface area contributed by atoms with Crippen LogP contribution in [0.1, 0.15) is 48.3 Å². The largest absolute Gasteiger partial charge is 0.484 e. The van der Waals surface area contributed by atoms with E-state index in [4.69, 9.17) is 9.47 Å². The van der Waals surface area contributed by atoms with E-state index in [2.05, 4.69) is 4.98 Å². The quantitative estimate of drug-likeness (QED) is 0.125. The number of anilines is 2. The second-order valence-electron chi connectivity index (χ2n) is 10.3. The van der Waals surface area contributed by atoms with Crippen LogP contribution in [-0.2, 0) is 32.5 Å². The molecule has 3 aromatic rings. The minimum Gasteiger partial charge on any atom is -0.484 e. The summed E-state index contributed by atoms with van der Waals surface area (Å²) >= 11 is 0. The van der Waals surface area contributed by atoms with Crippen molar-refractivity contribution in [3.8, 4) is 5.75 Å². The Morgan fingerprint density at radius 1 is 1.04 bits per heavy atom. The molecule has 1 unspecified atom stereocenters. The Hall–Kier alpha value is -4.33. The molecule has 46 heavy (non-hydrogen) atoms. The van der Waals surface area contributed by atoms with Gasteiger partial charge < -0.3 is 14.4 Å². The van der Waals surface area contributed by atoms with Crippen LogP contribution in [0.2, 0.25) is 0 Å². The van der Waals surface area contributed by atoms with Gasteiger partial charge in [-0.25, -0.2) is 13.6 Å². The van der Waals surface area contributed by atoms with Crippen LogP contribution in [0.3, 0.4) is 0 Å². The normalized spacial score (nSPS) is 15.5. The zero-order valence-electron chi connectivity index (χ0n) is 25.3. The lowest BCUT2D eigenvalue weighted by atomic mass is 10.1. The van der Waals surface area contributed by atoms with Crippen molar-refractivity contribution in [1.29, 1.82) is 0 Å². The van der Waals surface area contributed by atoms with E-state index in [9.17, 15) is 35.8 Å². The summed E-state index contributed by atoms with van der Waals surface area (Å²) in [5.41, 5.74) is 1.33. The number of ether oxygens (including phenoxy) is 2. The van der Waals surface area contributed by atoms with Gasteiger partial charge in [0.05, 0.1) is 45.8 Å². The topological polar surface area (TPSA) is 89.0 Å². The number of nitrogens with zero attached hydrogens (tertiary/aromatic N) is 3. The molecule has 8 nitrogen and oxygen atoms in total. The molecule has 0 N–H and O–H groups in total. The van der Waals surface area contributed by atoms with Crippen molar-refractivity contribution in [2.24, 2.45) is 0 Å². The molecule has 246 valence electrons. The van der Waals surface area contributed by atoms with Crippen LogP contribution in [0.5, 0.6) is 5.75 Å². The van der Waals surface area contributed by atoms with Crippen LogP contribution in [0.4, 0.5) is 33.3 Å². The number of hydrogen-bond donors (Lipinski definition) is 0. The number of amides is 1. The molecular weight excluding hydrogens is 633 g/mol. The molecule has 1 aromatic heterocycles. The number of alkyl halides is 3. The lowest BCUT2D eigenvalue weighted by Crippen LogP contribution is -2.47. The van der Waals surface area contributed by atoms with E-state index in [1.165, 1.54) is 23.2 Å². The number of esters is 1. The number of hydrogen-bond acceptors (Lipinski definition) is 7. The van der Waals surface area contributed by atoms with Gasteiger partial charge >= 0.3 is 12.1 Å². The number of halogens is 5. The third kappa shape index (κ3) is 8.08. The van der Waals surface area contributed by atoms with E-state index in [0.717, 1.165) is 18.2 Å². The maximum absolute atomic E-state index is 14.0. The Balaban J connectivity index is 1.53. The predicted octanol–water partition coefficient (Wildman–Crippen LogP) is 6.46. The van der Waals surface area contributed by atoms with Crippen molar-refractivity contribution in [2.45, 2.75) is 50.5 Å². The number of fused-ring (bicyclic) bond motifs is 1. The Labute approximate surface area is 265 Å². The lowest BCUT2D eigenvalue weighted by molar-refractivity contribution is -0.153. The second-order valence-corrected chi connectivity index (χ2v) is 11.8. The number of para-hydroxylation sites is 2. The van der Waals surface area contributed by atoms with Gasteiger partial charge in [-0.3, -0.25) is 18.9 Å². The van der Waals surface area contributed by atoms with Gasteiger partial charge in [0.25, 0.3) is 5.91 Å². The number of rotatable bonds is 12. The second kappa shape index (κ2) is 14.8. The smallest absolute Gasteiger partial charge is 0.422 e. The van der Waals surface area contributed by atoms with E-state index >= 15 is 0 Å². The molecule has 0 fully saturated rings. The molecule has 4 rings (SSSR count). The molecule has 2 aromatic carbocycles. The first-order chi connectivity index (χ1) is 21.8. The minimum atomic E-state index is -4.54. The summed E-state index contributed by atoms with van der Waals surface area (Å²) in [4.78, 5) is 33.5. The predicted molar refractivity (Wildman–Crippen MR) is 163 cm³/mol. The fourth-order valence-electron chi connectivity index (χ4n) is 5.00. The summed E-state index contributed by atoms with van der Waals surface area (Å²) in [6.07, 6.45) is -0.992. The van der Waals surface area contributed by atoms with Crippen LogP contribution >= 0.6 is 0 Å². The summed E-state index contributed by atoms with van der Waals surface area (Å²) in [6, 6.07) is 11.0. The fourth-order valence-corrected chi connectivity index (χ4v) is 6.58. The molecule has 1 amide bonds. The Kier molecular flexibility index (Phi) is 11.1. The Bertz CT molecular complexity index is 1650. The molecule has 0 saturated carbocycles. The number of carbonyl (C=O) groups is 2. The molecule has 2 atom stereocenters. The molecule has 2 heterocycles. The highest BCUT2D eigenvalue weighted by Crippen LogP contribution is 2.40. The third-order valence-corrected chi connectivity index (χ3v) is 8.82. The number of aromatic nitrogens is 1. The molecule has 0 bridgehead atoms. The van der Waals surface area contributed by atoms with E-state index < -0.39 is 52.6 Å². The van der Waals surface area contributed by atoms with Gasteiger partial charge in [-0.15, -0.1) is 0 Å². The first-order valence-corrected chi connectivity index (χ1v) is 15.7. The van der Waals surface area contributed by atoms with Crippen molar-refractivity contribution in [1.82, 2.24) is 4.98 Å². The first kappa shape index (κ1) is 34.5. The summed E-state index contributed by atoms with van der Waals surface area (Å²) < 4.78 is 89.3. The molecule has 1 aliphatic heterocycles. The number of benzene rings is 2. The SMILES string of the molecule is CC/C(=C/C(=O)N1c2ccccc2N(C)C1[S@@](=O)Cc1nccc(OCC(F)(F)F)c1CC)CCOC(=O)c1ccc(F)c(F)c1. The standard InChI is InChI=1S/C32H32F5N3O5S/c1-4-20(13-15-44-30(42)21-10-11-23(33)24(34)17-21)16-29(41)40-27-9-7-6-8-26(27)39(3)31(40)46(43)18-25-22(5-2)28(12-14-38-25)45-19-32(35,36)37/h6-12,14,16-17,31H,4-5,13,15,18-19H2,1-3H3/b20-16-/t31?,46-/m0/s1. The zero-order valence-corrected chi connectivity index (χ0v) is 26.1. The van der Waals surface area contributed by atoms with Crippen molar-refractivity contribution in [3.05, 3.63) is 94.8 Å². The minimum absolute atomic E-state index is 0.00129. The van der Waals surface area contributed by atoms with E-state index in [1.54, 1.807) is 43.1 Å². The van der Waals surface area contributed by atoms with E-state index in [0.29, 0.717) is 34.6 Å². The summed E-state index contributed by atoms with van der Waals surface area (Å²) in [7, 11) is -0.125. The van der Waals surface area contributed by atoms with Crippen LogP contribution in [0.25, 0.3) is 0 Å². The first-order valence-electron chi connectivity index (χ1n) is 14.3. The van der Waals surface area contributed by atoms with Crippen LogP contribution in [0.15, 0.2) is 66.4 Å². The Morgan fingerprint density at radius 2 is 1.76 bits per heavy atom. The average molecular weight is 666 g/mol. The molecule has 0 radical (unpaired) electrons. The van der Waals surface area contributed by atoms with Crippen molar-refractivity contribution < 1.29 is 45.2 Å². The third-order valence-electron chi connectivity index (χ3n) is 7.27. The molecule has 14 heteroatoms. The van der Waals surface area contributed by atoms with Gasteiger partial charge in [0.15, 0.2) is 23.7 Å². The van der Waals surface area contributed by atoms with Gasteiger partial charge in [0, 0.05) is 31.3 Å². The molecule has 0 saturated heterocycles. The van der Waals surface area contributed by atoms with Crippen molar-refractivity contribution in [2.75, 3.05) is 30.1 Å². The maximum Gasteiger partial charge on any atom is 0.422 e. The van der Waals surface area contributed by atoms with Crippen LogP contribution in [-0.4, -0.2) is 53.0 Å². The number of carbonyl (C=O) groups excluding carboxylic acids is 2. The molecule has 0 aliphatic carbocycles. The highest BCUT2D eigenvalue weighted by Gasteiger charge is 2.41. The fraction of sp³-hybridized carbons (Fsp3) is 0.344. The molecule has 0 spiro atoms. The van der Waals surface area contributed by atoms with Crippen molar-refractivity contribution >= 4 is 34.1 Å². The zero-order chi connectivity index (χ0) is 33.6. The Morgan fingerprint density at radius 3 is 2.41 bits per heavy atom. The monoisotopic (exact) mass is 665 g/mol. The highest BCUT2D eigenvalue weighted by atomic mass is 32.2. The van der Waals surface area contributed by atoms with Gasteiger partial charge in [-0.05, 0) is 49.2 Å². The molecule has 1 aliphatic rings. The lowest BCUT2D eigenvalue weighted by Gasteiger charge is -2.28. The number of pyridine rings is 1. The summed E-state index contributed by atoms with van der Waals surface area (Å²) in [6.45, 7) is 1.92. The maximum atomic E-state index is 14.0. The van der Waals surface area contributed by atoms with Gasteiger partial charge in [-0.2, -0.15) is 13.2 Å². The van der Waals surface area contributed by atoms with Crippen LogP contribution in [0, 0.1) is 11.6 Å². The van der Waals surface area contributed by atoms with Crippen molar-refractivity contribution in [3.63, 3.8) is 0 Å². The van der Waals surface area contributed by atoms with Gasteiger partial charge in [-0.1, -0.05) is 31.6 Å². The highest BCUT2D eigenvalue weighted by molar-refractivity contribution is 7.85. The van der Waals surface area contributed by atoms with E-state index in [1.807, 2.05) is 6.92 Å². The summed E-state index contributed by atoms with van der Waals surface area (Å²) in [5.74, 6) is -3.77. The molecular formula is C32H32F5N3O5S. The van der Waals surface area contributed by atoms with Gasteiger partial charge in [0.1, 0.15) is 5.75 Å². The summed E-state index contributed by atoms with van der Waals surface area (Å²) in [5, 5.41) is 0. The average Bonchev–Trinajstić information content (AvgIpc) is 3.32.